The zero-order valence-corrected chi connectivity index (χ0v) is 13.3. The maximum atomic E-state index is 12.5. The van der Waals surface area contributed by atoms with Gasteiger partial charge in [-0.05, 0) is 43.2 Å². The molecule has 0 spiro atoms. The van der Waals surface area contributed by atoms with E-state index in [1.807, 2.05) is 0 Å². The highest BCUT2D eigenvalue weighted by molar-refractivity contribution is 7.14. The molecule has 0 bridgehead atoms. The highest BCUT2D eigenvalue weighted by Crippen LogP contribution is 2.32. The number of thiophene rings is 1. The van der Waals surface area contributed by atoms with Crippen molar-refractivity contribution in [3.8, 4) is 0 Å². The summed E-state index contributed by atoms with van der Waals surface area (Å²) in [6.07, 6.45) is 7.78. The first-order chi connectivity index (χ1) is 10.2. The first kappa shape index (κ1) is 14.3. The third-order valence-electron chi connectivity index (χ3n) is 4.12. The molecule has 1 aliphatic rings. The van der Waals surface area contributed by atoms with Crippen molar-refractivity contribution in [3.05, 3.63) is 39.6 Å². The Kier molecular flexibility index (Phi) is 4.10. The summed E-state index contributed by atoms with van der Waals surface area (Å²) in [4.78, 5) is 22.0. The van der Waals surface area contributed by atoms with Gasteiger partial charge in [-0.2, -0.15) is 0 Å². The number of nitrogens with zero attached hydrogens (tertiary/aromatic N) is 1. The first-order valence-electron chi connectivity index (χ1n) is 7.59. The summed E-state index contributed by atoms with van der Waals surface area (Å²) in [5.41, 5.74) is 1.37. The number of aromatic amines is 1. The third-order valence-corrected chi connectivity index (χ3v) is 5.35. The van der Waals surface area contributed by atoms with Gasteiger partial charge in [0, 0.05) is 17.3 Å². The molecule has 0 saturated carbocycles. The molecule has 112 valence electrons. The van der Waals surface area contributed by atoms with Crippen LogP contribution in [0.15, 0.2) is 18.5 Å². The molecule has 0 aliphatic heterocycles. The molecule has 0 radical (unpaired) electrons. The van der Waals surface area contributed by atoms with E-state index in [1.165, 1.54) is 16.9 Å². The molecule has 4 nitrogen and oxygen atoms in total. The molecule has 0 saturated heterocycles. The van der Waals surface area contributed by atoms with Crippen molar-refractivity contribution in [2.45, 2.75) is 45.6 Å². The van der Waals surface area contributed by atoms with Crippen LogP contribution >= 0.6 is 11.3 Å². The summed E-state index contributed by atoms with van der Waals surface area (Å²) in [6.45, 7) is 4.33. The van der Waals surface area contributed by atoms with Gasteiger partial charge in [0.15, 0.2) is 0 Å². The average Bonchev–Trinajstić information content (AvgIpc) is 3.12. The lowest BCUT2D eigenvalue weighted by atomic mass is 9.90. The summed E-state index contributed by atoms with van der Waals surface area (Å²) in [5, 5.41) is 3.08. The Morgan fingerprint density at radius 2 is 2.48 bits per heavy atom. The second-order valence-electron chi connectivity index (χ2n) is 5.82. The van der Waals surface area contributed by atoms with E-state index in [-0.39, 0.29) is 11.9 Å². The Morgan fingerprint density at radius 3 is 3.19 bits per heavy atom. The summed E-state index contributed by atoms with van der Waals surface area (Å²) >= 11 is 1.65. The molecule has 21 heavy (non-hydrogen) atoms. The monoisotopic (exact) mass is 303 g/mol. The van der Waals surface area contributed by atoms with Crippen LogP contribution in [0.2, 0.25) is 0 Å². The lowest BCUT2D eigenvalue weighted by Crippen LogP contribution is -2.28. The molecule has 2 atom stereocenters. The minimum atomic E-state index is -0.0504. The van der Waals surface area contributed by atoms with Crippen LogP contribution < -0.4 is 5.32 Å². The van der Waals surface area contributed by atoms with E-state index in [0.29, 0.717) is 0 Å². The SMILES string of the molecule is CCC(NC(=O)c1cc2c(s1)CCC(C)C2)c1ncc[nH]1. The van der Waals surface area contributed by atoms with Gasteiger partial charge in [0.2, 0.25) is 0 Å². The number of fused-ring (bicyclic) bond motifs is 1. The largest absolute Gasteiger partial charge is 0.347 e. The number of nitrogens with one attached hydrogen (secondary N) is 2. The molecule has 0 fully saturated rings. The van der Waals surface area contributed by atoms with Gasteiger partial charge in [0.25, 0.3) is 5.91 Å². The van der Waals surface area contributed by atoms with Gasteiger partial charge in [-0.1, -0.05) is 13.8 Å². The number of hydrogen-bond donors (Lipinski definition) is 2. The zero-order valence-electron chi connectivity index (χ0n) is 12.5. The number of carbonyl (C=O) groups excluding carboxylic acids is 1. The molecule has 5 heteroatoms. The van der Waals surface area contributed by atoms with Crippen LogP contribution in [0, 0.1) is 5.92 Å². The first-order valence-corrected chi connectivity index (χ1v) is 8.40. The van der Waals surface area contributed by atoms with E-state index in [1.54, 1.807) is 23.7 Å². The van der Waals surface area contributed by atoms with Crippen molar-refractivity contribution in [2.75, 3.05) is 0 Å². The molecule has 1 amide bonds. The number of carbonyl (C=O) groups is 1. The van der Waals surface area contributed by atoms with Crippen LogP contribution in [0.5, 0.6) is 0 Å². The molecule has 1 aliphatic carbocycles. The maximum absolute atomic E-state index is 12.5. The molecule has 2 unspecified atom stereocenters. The Bertz CT molecular complexity index is 618. The molecule has 3 rings (SSSR count). The van der Waals surface area contributed by atoms with Crippen molar-refractivity contribution < 1.29 is 4.79 Å². The van der Waals surface area contributed by atoms with Crippen LogP contribution in [0.1, 0.15) is 58.7 Å². The molecule has 2 aromatic rings. The summed E-state index contributed by atoms with van der Waals surface area (Å²) in [7, 11) is 0. The van der Waals surface area contributed by atoms with Crippen molar-refractivity contribution in [1.29, 1.82) is 0 Å². The minimum Gasteiger partial charge on any atom is -0.347 e. The fourth-order valence-electron chi connectivity index (χ4n) is 2.88. The molecule has 0 aromatic carbocycles. The highest BCUT2D eigenvalue weighted by atomic mass is 32.1. The van der Waals surface area contributed by atoms with Crippen LogP contribution in [-0.4, -0.2) is 15.9 Å². The number of rotatable bonds is 4. The molecular weight excluding hydrogens is 282 g/mol. The van der Waals surface area contributed by atoms with Crippen LogP contribution in [0.3, 0.4) is 0 Å². The van der Waals surface area contributed by atoms with E-state index in [0.717, 1.165) is 35.9 Å². The predicted molar refractivity (Wildman–Crippen MR) is 84.6 cm³/mol. The van der Waals surface area contributed by atoms with Crippen molar-refractivity contribution in [1.82, 2.24) is 15.3 Å². The van der Waals surface area contributed by atoms with Gasteiger partial charge in [0.05, 0.1) is 10.9 Å². The lowest BCUT2D eigenvalue weighted by Gasteiger charge is -2.16. The average molecular weight is 303 g/mol. The Balaban J connectivity index is 1.73. The summed E-state index contributed by atoms with van der Waals surface area (Å²) in [6, 6.07) is 2.03. The zero-order chi connectivity index (χ0) is 14.8. The summed E-state index contributed by atoms with van der Waals surface area (Å²) in [5.74, 6) is 1.57. The smallest absolute Gasteiger partial charge is 0.261 e. The van der Waals surface area contributed by atoms with Gasteiger partial charge in [-0.3, -0.25) is 4.79 Å². The number of aryl methyl sites for hydroxylation is 1. The number of hydrogen-bond acceptors (Lipinski definition) is 3. The molecule has 2 heterocycles. The molecule has 2 N–H and O–H groups in total. The van der Waals surface area contributed by atoms with E-state index in [2.05, 4.69) is 35.2 Å². The number of imidazole rings is 1. The maximum Gasteiger partial charge on any atom is 0.261 e. The minimum absolute atomic E-state index is 0.0188. The second kappa shape index (κ2) is 6.02. The number of amides is 1. The molecular formula is C16H21N3OS. The second-order valence-corrected chi connectivity index (χ2v) is 6.95. The standard InChI is InChI=1S/C16H21N3OS/c1-3-12(15-17-6-7-18-15)19-16(20)14-9-11-8-10(2)4-5-13(11)21-14/h6-7,9-10,12H,3-5,8H2,1-2H3,(H,17,18)(H,19,20). The predicted octanol–water partition coefficient (Wildman–Crippen LogP) is 3.48. The fourth-order valence-corrected chi connectivity index (χ4v) is 3.99. The third kappa shape index (κ3) is 3.02. The quantitative estimate of drug-likeness (QED) is 0.908. The van der Waals surface area contributed by atoms with Gasteiger partial charge in [-0.15, -0.1) is 11.3 Å². The Hall–Kier alpha value is -1.62. The normalized spacial score (nSPS) is 19.0. The van der Waals surface area contributed by atoms with Gasteiger partial charge < -0.3 is 10.3 Å². The van der Waals surface area contributed by atoms with E-state index < -0.39 is 0 Å². The van der Waals surface area contributed by atoms with E-state index in [4.69, 9.17) is 0 Å². The van der Waals surface area contributed by atoms with Crippen molar-refractivity contribution in [2.24, 2.45) is 5.92 Å². The highest BCUT2D eigenvalue weighted by Gasteiger charge is 2.22. The topological polar surface area (TPSA) is 57.8 Å². The van der Waals surface area contributed by atoms with Gasteiger partial charge in [-0.25, -0.2) is 4.98 Å². The summed E-state index contributed by atoms with van der Waals surface area (Å²) < 4.78 is 0. The molecule has 2 aromatic heterocycles. The van der Waals surface area contributed by atoms with E-state index >= 15 is 0 Å². The Morgan fingerprint density at radius 1 is 1.62 bits per heavy atom. The van der Waals surface area contributed by atoms with Crippen molar-refractivity contribution >= 4 is 17.2 Å². The number of aromatic nitrogens is 2. The van der Waals surface area contributed by atoms with Gasteiger partial charge in [0.1, 0.15) is 5.82 Å². The van der Waals surface area contributed by atoms with Crippen LogP contribution in [0.25, 0.3) is 0 Å². The number of H-pyrrole nitrogens is 1. The Labute approximate surface area is 129 Å². The van der Waals surface area contributed by atoms with E-state index in [9.17, 15) is 4.79 Å². The lowest BCUT2D eigenvalue weighted by molar-refractivity contribution is 0.0938. The van der Waals surface area contributed by atoms with Gasteiger partial charge >= 0.3 is 0 Å². The van der Waals surface area contributed by atoms with Crippen LogP contribution in [0.4, 0.5) is 0 Å². The van der Waals surface area contributed by atoms with Crippen molar-refractivity contribution in [3.63, 3.8) is 0 Å². The fraction of sp³-hybridized carbons (Fsp3) is 0.500. The van der Waals surface area contributed by atoms with Crippen LogP contribution in [-0.2, 0) is 12.8 Å².